The number of hydrogen-bond donors (Lipinski definition) is 2. The summed E-state index contributed by atoms with van der Waals surface area (Å²) in [5, 5.41) is 2.42. The number of carbonyl (C=O) groups is 2. The molecule has 0 radical (unpaired) electrons. The number of hydrogen-bond acceptors (Lipinski definition) is 4. The molecule has 0 saturated carbocycles. The van der Waals surface area contributed by atoms with Gasteiger partial charge in [0.05, 0.1) is 13.0 Å². The molecule has 0 saturated heterocycles. The maximum atomic E-state index is 11.1. The van der Waals surface area contributed by atoms with Crippen LogP contribution in [0.15, 0.2) is 0 Å². The highest BCUT2D eigenvalue weighted by molar-refractivity contribution is 5.86. The van der Waals surface area contributed by atoms with E-state index in [1.807, 2.05) is 0 Å². The first-order chi connectivity index (χ1) is 6.57. The Bertz CT molecular complexity index is 196. The Kier molecular flexibility index (Phi) is 6.69. The molecule has 0 aromatic heterocycles. The zero-order chi connectivity index (χ0) is 11.0. The number of primary amides is 1. The molecule has 82 valence electrons. The molecular weight excluding hydrogens is 188 g/mol. The van der Waals surface area contributed by atoms with Crippen LogP contribution in [0.25, 0.3) is 0 Å². The van der Waals surface area contributed by atoms with Gasteiger partial charge < -0.3 is 20.5 Å². The van der Waals surface area contributed by atoms with E-state index in [1.165, 1.54) is 14.0 Å². The molecule has 2 amide bonds. The number of nitrogens with one attached hydrogen (secondary N) is 1. The van der Waals surface area contributed by atoms with Gasteiger partial charge in [0.1, 0.15) is 12.8 Å². The van der Waals surface area contributed by atoms with Gasteiger partial charge >= 0.3 is 0 Å². The van der Waals surface area contributed by atoms with Crippen LogP contribution in [0.2, 0.25) is 0 Å². The molecule has 0 fully saturated rings. The third-order valence-electron chi connectivity index (χ3n) is 1.48. The van der Waals surface area contributed by atoms with Crippen LogP contribution in [0.3, 0.4) is 0 Å². The van der Waals surface area contributed by atoms with Gasteiger partial charge in [-0.05, 0) is 6.92 Å². The van der Waals surface area contributed by atoms with Gasteiger partial charge in [0, 0.05) is 7.11 Å². The summed E-state index contributed by atoms with van der Waals surface area (Å²) in [6.07, 6.45) is 0.182. The van der Waals surface area contributed by atoms with Crippen LogP contribution in [0.4, 0.5) is 0 Å². The Balaban J connectivity index is 3.50. The molecule has 0 aliphatic heterocycles. The van der Waals surface area contributed by atoms with Crippen molar-refractivity contribution in [2.45, 2.75) is 19.4 Å². The molecule has 0 rings (SSSR count). The fourth-order valence-corrected chi connectivity index (χ4v) is 0.692. The summed E-state index contributed by atoms with van der Waals surface area (Å²) in [7, 11) is 1.50. The average molecular weight is 204 g/mol. The van der Waals surface area contributed by atoms with Crippen molar-refractivity contribution in [2.24, 2.45) is 5.73 Å². The van der Waals surface area contributed by atoms with Gasteiger partial charge in [-0.3, -0.25) is 9.59 Å². The smallest absolute Gasteiger partial charge is 0.239 e. The predicted octanol–water partition coefficient (Wildman–Crippen LogP) is -1.01. The lowest BCUT2D eigenvalue weighted by Crippen LogP contribution is -2.42. The standard InChI is InChI=1S/C8H16N2O4/c1-6(8(9)12)10-7(11)3-4-14-5-13-2/h6H,3-5H2,1-2H3,(H2,9,12)(H,10,11)/t6-/m0/s1. The third-order valence-corrected chi connectivity index (χ3v) is 1.48. The van der Waals surface area contributed by atoms with E-state index in [0.717, 1.165) is 0 Å². The minimum absolute atomic E-state index is 0.151. The summed E-state index contributed by atoms with van der Waals surface area (Å²) < 4.78 is 9.51. The Morgan fingerprint density at radius 3 is 2.64 bits per heavy atom. The molecule has 6 nitrogen and oxygen atoms in total. The molecule has 1 atom stereocenters. The summed E-state index contributed by atoms with van der Waals surface area (Å²) in [6.45, 7) is 1.93. The van der Waals surface area contributed by atoms with E-state index in [1.54, 1.807) is 0 Å². The molecule has 0 aromatic carbocycles. The summed E-state index contributed by atoms with van der Waals surface area (Å²) >= 11 is 0. The predicted molar refractivity (Wildman–Crippen MR) is 49.2 cm³/mol. The highest BCUT2D eigenvalue weighted by atomic mass is 16.7. The minimum atomic E-state index is -0.648. The van der Waals surface area contributed by atoms with Crippen LogP contribution in [0.1, 0.15) is 13.3 Å². The number of methoxy groups -OCH3 is 1. The van der Waals surface area contributed by atoms with E-state index >= 15 is 0 Å². The summed E-state index contributed by atoms with van der Waals surface area (Å²) in [5.41, 5.74) is 4.96. The molecule has 14 heavy (non-hydrogen) atoms. The molecular formula is C8H16N2O4. The van der Waals surface area contributed by atoms with Gasteiger partial charge in [-0.1, -0.05) is 0 Å². The van der Waals surface area contributed by atoms with Gasteiger partial charge in [-0.25, -0.2) is 0 Å². The van der Waals surface area contributed by atoms with E-state index in [2.05, 4.69) is 10.1 Å². The zero-order valence-electron chi connectivity index (χ0n) is 8.41. The fourth-order valence-electron chi connectivity index (χ4n) is 0.692. The van der Waals surface area contributed by atoms with Gasteiger partial charge in [0.15, 0.2) is 0 Å². The van der Waals surface area contributed by atoms with E-state index < -0.39 is 11.9 Å². The molecule has 0 aliphatic rings. The number of amides is 2. The van der Waals surface area contributed by atoms with Crippen LogP contribution in [0, 0.1) is 0 Å². The monoisotopic (exact) mass is 204 g/mol. The van der Waals surface area contributed by atoms with E-state index in [4.69, 9.17) is 10.5 Å². The fraction of sp³-hybridized carbons (Fsp3) is 0.750. The first-order valence-corrected chi connectivity index (χ1v) is 4.23. The third kappa shape index (κ3) is 6.38. The van der Waals surface area contributed by atoms with E-state index in [9.17, 15) is 9.59 Å². The van der Waals surface area contributed by atoms with Crippen molar-refractivity contribution >= 4 is 11.8 Å². The van der Waals surface area contributed by atoms with Crippen LogP contribution >= 0.6 is 0 Å². The topological polar surface area (TPSA) is 90.7 Å². The van der Waals surface area contributed by atoms with Gasteiger partial charge in [-0.15, -0.1) is 0 Å². The van der Waals surface area contributed by atoms with Gasteiger partial charge in [0.2, 0.25) is 11.8 Å². The Morgan fingerprint density at radius 2 is 2.14 bits per heavy atom. The van der Waals surface area contributed by atoms with E-state index in [0.29, 0.717) is 0 Å². The first-order valence-electron chi connectivity index (χ1n) is 4.23. The SMILES string of the molecule is COCOCCC(=O)N[C@@H](C)C(N)=O. The van der Waals surface area contributed by atoms with Crippen molar-refractivity contribution in [3.8, 4) is 0 Å². The minimum Gasteiger partial charge on any atom is -0.368 e. The normalized spacial score (nSPS) is 12.1. The molecule has 0 bridgehead atoms. The molecule has 0 spiro atoms. The lowest BCUT2D eigenvalue weighted by atomic mass is 10.3. The average Bonchev–Trinajstić information content (AvgIpc) is 2.12. The molecule has 0 aromatic rings. The maximum Gasteiger partial charge on any atom is 0.239 e. The number of ether oxygens (including phenoxy) is 2. The first kappa shape index (κ1) is 12.9. The molecule has 6 heteroatoms. The lowest BCUT2D eigenvalue weighted by Gasteiger charge is -2.09. The van der Waals surface area contributed by atoms with Gasteiger partial charge in [-0.2, -0.15) is 0 Å². The zero-order valence-corrected chi connectivity index (χ0v) is 8.41. The van der Waals surface area contributed by atoms with Crippen LogP contribution < -0.4 is 11.1 Å². The Morgan fingerprint density at radius 1 is 1.50 bits per heavy atom. The van der Waals surface area contributed by atoms with Crippen molar-refractivity contribution in [2.75, 3.05) is 20.5 Å². The van der Waals surface area contributed by atoms with Crippen LogP contribution in [-0.4, -0.2) is 38.4 Å². The summed E-state index contributed by atoms with van der Waals surface area (Å²) in [4.78, 5) is 21.6. The molecule has 0 aliphatic carbocycles. The number of nitrogens with two attached hydrogens (primary N) is 1. The van der Waals surface area contributed by atoms with Crippen LogP contribution in [-0.2, 0) is 19.1 Å². The molecule has 3 N–H and O–H groups in total. The van der Waals surface area contributed by atoms with Crippen molar-refractivity contribution in [1.29, 1.82) is 0 Å². The summed E-state index contributed by atoms with van der Waals surface area (Å²) in [6, 6.07) is -0.648. The second-order valence-electron chi connectivity index (χ2n) is 2.76. The maximum absolute atomic E-state index is 11.1. The lowest BCUT2D eigenvalue weighted by molar-refractivity contribution is -0.128. The number of rotatable bonds is 7. The highest BCUT2D eigenvalue weighted by Crippen LogP contribution is 1.86. The van der Waals surface area contributed by atoms with Crippen LogP contribution in [0.5, 0.6) is 0 Å². The second kappa shape index (κ2) is 7.28. The molecule has 0 heterocycles. The van der Waals surface area contributed by atoms with Crippen molar-refractivity contribution < 1.29 is 19.1 Å². The van der Waals surface area contributed by atoms with E-state index in [-0.39, 0.29) is 25.7 Å². The summed E-state index contributed by atoms with van der Waals surface area (Å²) in [5.74, 6) is -0.830. The molecule has 0 unspecified atom stereocenters. The van der Waals surface area contributed by atoms with Crippen molar-refractivity contribution in [1.82, 2.24) is 5.32 Å². The second-order valence-corrected chi connectivity index (χ2v) is 2.76. The largest absolute Gasteiger partial charge is 0.368 e. The highest BCUT2D eigenvalue weighted by Gasteiger charge is 2.11. The quantitative estimate of drug-likeness (QED) is 0.410. The Labute approximate surface area is 82.7 Å². The van der Waals surface area contributed by atoms with Gasteiger partial charge in [0.25, 0.3) is 0 Å². The van der Waals surface area contributed by atoms with Crippen molar-refractivity contribution in [3.63, 3.8) is 0 Å². The van der Waals surface area contributed by atoms with Crippen molar-refractivity contribution in [3.05, 3.63) is 0 Å². The number of carbonyl (C=O) groups excluding carboxylic acids is 2. The Hall–Kier alpha value is -1.14.